The number of likely N-dealkylation sites (tertiary alicyclic amines) is 1. The van der Waals surface area contributed by atoms with Gasteiger partial charge in [0, 0.05) is 30.4 Å². The fourth-order valence-electron chi connectivity index (χ4n) is 4.72. The second-order valence-corrected chi connectivity index (χ2v) is 8.68. The maximum Gasteiger partial charge on any atom is 0.182 e. The molecule has 1 saturated heterocycles. The number of ether oxygens (including phenoxy) is 1. The Hall–Kier alpha value is -2.33. The van der Waals surface area contributed by atoms with Crippen LogP contribution in [-0.4, -0.2) is 49.5 Å². The van der Waals surface area contributed by atoms with Gasteiger partial charge in [0.25, 0.3) is 0 Å². The van der Waals surface area contributed by atoms with Crippen molar-refractivity contribution < 1.29 is 9.53 Å². The van der Waals surface area contributed by atoms with Crippen LogP contribution in [0, 0.1) is 0 Å². The molecule has 1 fully saturated rings. The van der Waals surface area contributed by atoms with Gasteiger partial charge >= 0.3 is 0 Å². The molecule has 0 aliphatic carbocycles. The molecule has 0 spiro atoms. The van der Waals surface area contributed by atoms with Gasteiger partial charge in [-0.05, 0) is 87.9 Å². The van der Waals surface area contributed by atoms with Crippen molar-refractivity contribution in [3.05, 3.63) is 59.7 Å². The first-order valence-corrected chi connectivity index (χ1v) is 11.5. The van der Waals surface area contributed by atoms with Gasteiger partial charge < -0.3 is 14.5 Å². The Balaban J connectivity index is 1.28. The smallest absolute Gasteiger partial charge is 0.182 e. The maximum absolute atomic E-state index is 12.9. The van der Waals surface area contributed by atoms with Crippen LogP contribution < -0.4 is 9.64 Å². The third kappa shape index (κ3) is 5.23. The zero-order valence-corrected chi connectivity index (χ0v) is 18.2. The zero-order valence-electron chi connectivity index (χ0n) is 18.2. The molecule has 0 radical (unpaired) electrons. The lowest BCUT2D eigenvalue weighted by Gasteiger charge is -2.24. The van der Waals surface area contributed by atoms with Crippen molar-refractivity contribution >= 4 is 11.5 Å². The Kier molecular flexibility index (Phi) is 7.06. The lowest BCUT2D eigenvalue weighted by molar-refractivity contribution is 0.0999. The number of nitrogens with zero attached hydrogens (tertiary/aromatic N) is 2. The van der Waals surface area contributed by atoms with Crippen molar-refractivity contribution in [3.63, 3.8) is 0 Å². The third-order valence-electron chi connectivity index (χ3n) is 6.52. The van der Waals surface area contributed by atoms with Crippen molar-refractivity contribution in [2.45, 2.75) is 51.5 Å². The van der Waals surface area contributed by atoms with E-state index in [-0.39, 0.29) is 5.78 Å². The average Bonchev–Trinajstić information content (AvgIpc) is 3.07. The predicted molar refractivity (Wildman–Crippen MR) is 123 cm³/mol. The highest BCUT2D eigenvalue weighted by Gasteiger charge is 2.20. The minimum absolute atomic E-state index is 0.168. The molecule has 160 valence electrons. The van der Waals surface area contributed by atoms with Crippen molar-refractivity contribution in [3.8, 4) is 5.75 Å². The standard InChI is InChI=1S/C26H34N2O2/c1-21-8-6-17-27(21)18-7-19-30-24-14-12-23(13-15-24)26(29)20-28-16-5-4-10-22-9-2-3-11-25(22)28/h2-3,9,11-15,21H,4-8,10,16-20H2,1H3/t21-/m1/s1. The van der Waals surface area contributed by atoms with Gasteiger partial charge in [0.05, 0.1) is 13.2 Å². The van der Waals surface area contributed by atoms with Crippen LogP contribution >= 0.6 is 0 Å². The van der Waals surface area contributed by atoms with E-state index in [2.05, 4.69) is 41.0 Å². The molecule has 2 heterocycles. The first-order valence-electron chi connectivity index (χ1n) is 11.5. The van der Waals surface area contributed by atoms with Crippen molar-refractivity contribution in [1.82, 2.24) is 4.90 Å². The summed E-state index contributed by atoms with van der Waals surface area (Å²) in [4.78, 5) is 17.7. The van der Waals surface area contributed by atoms with Gasteiger partial charge in [0.2, 0.25) is 0 Å². The number of carbonyl (C=O) groups is 1. The number of hydrogen-bond donors (Lipinski definition) is 0. The molecule has 0 bridgehead atoms. The fraction of sp³-hybridized carbons (Fsp3) is 0.500. The van der Waals surface area contributed by atoms with Crippen LogP contribution in [0.15, 0.2) is 48.5 Å². The van der Waals surface area contributed by atoms with Gasteiger partial charge in [0.1, 0.15) is 5.75 Å². The van der Waals surface area contributed by atoms with Gasteiger partial charge in [-0.3, -0.25) is 4.79 Å². The number of benzene rings is 2. The number of carbonyl (C=O) groups excluding carboxylic acids is 1. The van der Waals surface area contributed by atoms with E-state index in [9.17, 15) is 4.79 Å². The van der Waals surface area contributed by atoms with E-state index in [4.69, 9.17) is 4.74 Å². The summed E-state index contributed by atoms with van der Waals surface area (Å²) in [6, 6.07) is 16.9. The highest BCUT2D eigenvalue weighted by molar-refractivity contribution is 5.99. The predicted octanol–water partition coefficient (Wildman–Crippen LogP) is 4.97. The van der Waals surface area contributed by atoms with E-state index in [0.29, 0.717) is 12.6 Å². The molecular formula is C26H34N2O2. The number of Topliss-reactive ketones (excluding diaryl/α,β-unsaturated/α-hetero) is 1. The summed E-state index contributed by atoms with van der Waals surface area (Å²) in [6.45, 7) is 6.74. The Labute approximate surface area is 180 Å². The summed E-state index contributed by atoms with van der Waals surface area (Å²) >= 11 is 0. The van der Waals surface area contributed by atoms with Gasteiger partial charge in [-0.2, -0.15) is 0 Å². The first kappa shape index (κ1) is 20.9. The van der Waals surface area contributed by atoms with E-state index in [1.54, 1.807) is 0 Å². The van der Waals surface area contributed by atoms with Gasteiger partial charge in [0.15, 0.2) is 5.78 Å². The minimum Gasteiger partial charge on any atom is -0.494 e. The molecule has 2 aromatic carbocycles. The second kappa shape index (κ2) is 10.1. The molecule has 0 saturated carbocycles. The van der Waals surface area contributed by atoms with Crippen LogP contribution in [-0.2, 0) is 6.42 Å². The maximum atomic E-state index is 12.9. The van der Waals surface area contributed by atoms with Crippen LogP contribution in [0.5, 0.6) is 5.75 Å². The number of ketones is 1. The van der Waals surface area contributed by atoms with E-state index in [0.717, 1.165) is 50.3 Å². The number of anilines is 1. The lowest BCUT2D eigenvalue weighted by atomic mass is 10.1. The zero-order chi connectivity index (χ0) is 20.8. The molecule has 30 heavy (non-hydrogen) atoms. The molecule has 0 unspecified atom stereocenters. The monoisotopic (exact) mass is 406 g/mol. The summed E-state index contributed by atoms with van der Waals surface area (Å²) in [7, 11) is 0. The molecule has 0 aromatic heterocycles. The lowest BCUT2D eigenvalue weighted by Crippen LogP contribution is -2.30. The molecular weight excluding hydrogens is 372 g/mol. The number of aryl methyl sites for hydroxylation is 1. The van der Waals surface area contributed by atoms with Gasteiger partial charge in [-0.1, -0.05) is 18.2 Å². The third-order valence-corrected chi connectivity index (χ3v) is 6.52. The minimum atomic E-state index is 0.168. The summed E-state index contributed by atoms with van der Waals surface area (Å²) in [5, 5.41) is 0. The molecule has 0 amide bonds. The molecule has 2 aliphatic rings. The average molecular weight is 407 g/mol. The largest absolute Gasteiger partial charge is 0.494 e. The molecule has 0 N–H and O–H groups in total. The molecule has 2 aliphatic heterocycles. The Morgan fingerprint density at radius 3 is 2.67 bits per heavy atom. The van der Waals surface area contributed by atoms with Crippen molar-refractivity contribution in [2.24, 2.45) is 0 Å². The summed E-state index contributed by atoms with van der Waals surface area (Å²) in [6.07, 6.45) is 7.10. The number of para-hydroxylation sites is 1. The first-order chi connectivity index (χ1) is 14.7. The Morgan fingerprint density at radius 2 is 1.87 bits per heavy atom. The van der Waals surface area contributed by atoms with E-state index in [1.807, 2.05) is 24.3 Å². The normalized spacial score (nSPS) is 19.4. The highest BCUT2D eigenvalue weighted by Crippen LogP contribution is 2.26. The Bertz CT molecular complexity index is 833. The van der Waals surface area contributed by atoms with E-state index < -0.39 is 0 Å². The van der Waals surface area contributed by atoms with Gasteiger partial charge in [-0.25, -0.2) is 0 Å². The second-order valence-electron chi connectivity index (χ2n) is 8.68. The van der Waals surface area contributed by atoms with E-state index in [1.165, 1.54) is 37.1 Å². The molecule has 2 aromatic rings. The SMILES string of the molecule is C[C@@H]1CCCN1CCCOc1ccc(C(=O)CN2CCCCc3ccccc32)cc1. The quantitative estimate of drug-likeness (QED) is 0.458. The van der Waals surface area contributed by atoms with Crippen molar-refractivity contribution in [2.75, 3.05) is 37.7 Å². The van der Waals surface area contributed by atoms with E-state index >= 15 is 0 Å². The fourth-order valence-corrected chi connectivity index (χ4v) is 4.72. The van der Waals surface area contributed by atoms with Crippen LogP contribution in [0.25, 0.3) is 0 Å². The summed E-state index contributed by atoms with van der Waals surface area (Å²) < 4.78 is 5.90. The van der Waals surface area contributed by atoms with Crippen LogP contribution in [0.2, 0.25) is 0 Å². The molecule has 4 heteroatoms. The summed E-state index contributed by atoms with van der Waals surface area (Å²) in [5.74, 6) is 1.02. The highest BCUT2D eigenvalue weighted by atomic mass is 16.5. The summed E-state index contributed by atoms with van der Waals surface area (Å²) in [5.41, 5.74) is 3.33. The van der Waals surface area contributed by atoms with Gasteiger partial charge in [-0.15, -0.1) is 0 Å². The number of hydrogen-bond acceptors (Lipinski definition) is 4. The molecule has 4 nitrogen and oxygen atoms in total. The number of rotatable bonds is 8. The number of fused-ring (bicyclic) bond motifs is 1. The molecule has 4 rings (SSSR count). The van der Waals surface area contributed by atoms with Crippen LogP contribution in [0.1, 0.15) is 54.9 Å². The topological polar surface area (TPSA) is 32.8 Å². The van der Waals surface area contributed by atoms with Crippen LogP contribution in [0.4, 0.5) is 5.69 Å². The van der Waals surface area contributed by atoms with Crippen LogP contribution in [0.3, 0.4) is 0 Å². The van der Waals surface area contributed by atoms with Crippen molar-refractivity contribution in [1.29, 1.82) is 0 Å². The Morgan fingerprint density at radius 1 is 1.03 bits per heavy atom. The molecule has 1 atom stereocenters.